The molecule has 24 heavy (non-hydrogen) atoms. The number of fused-ring (bicyclic) bond motifs is 5. The van der Waals surface area contributed by atoms with Crippen LogP contribution < -0.4 is 0 Å². The summed E-state index contributed by atoms with van der Waals surface area (Å²) in [6, 6.07) is 5.69. The van der Waals surface area contributed by atoms with Crippen molar-refractivity contribution < 1.29 is 14.9 Å². The lowest BCUT2D eigenvalue weighted by Crippen LogP contribution is -2.09. The van der Waals surface area contributed by atoms with E-state index in [4.69, 9.17) is 4.74 Å². The largest absolute Gasteiger partial charge is 0.392 e. The molecule has 0 spiro atoms. The minimum absolute atomic E-state index is 0.0506. The van der Waals surface area contributed by atoms with E-state index in [1.165, 1.54) is 0 Å². The van der Waals surface area contributed by atoms with Gasteiger partial charge in [0.2, 0.25) is 0 Å². The van der Waals surface area contributed by atoms with E-state index in [0.717, 1.165) is 22.5 Å². The smallest absolute Gasteiger partial charge is 0.166 e. The van der Waals surface area contributed by atoms with Crippen LogP contribution in [-0.4, -0.2) is 41.6 Å². The highest BCUT2D eigenvalue weighted by Gasteiger charge is 2.25. The molecular weight excluding hydrogens is 310 g/mol. The fraction of sp³-hybridized carbons (Fsp3) is 0.312. The van der Waals surface area contributed by atoms with Crippen molar-refractivity contribution in [3.05, 3.63) is 47.3 Å². The van der Waals surface area contributed by atoms with Gasteiger partial charge in [-0.2, -0.15) is 0 Å². The van der Waals surface area contributed by atoms with Crippen LogP contribution in [0, 0.1) is 0 Å². The molecule has 8 heteroatoms. The molecule has 0 bridgehead atoms. The number of benzene rings is 1. The first kappa shape index (κ1) is 15.0. The van der Waals surface area contributed by atoms with E-state index < -0.39 is 0 Å². The van der Waals surface area contributed by atoms with Crippen LogP contribution in [0.1, 0.15) is 22.8 Å². The van der Waals surface area contributed by atoms with Gasteiger partial charge in [-0.3, -0.25) is 0 Å². The lowest BCUT2D eigenvalue weighted by molar-refractivity contribution is 0.174. The molecule has 2 aromatic heterocycles. The number of aliphatic hydroxyl groups is 2. The van der Waals surface area contributed by atoms with Gasteiger partial charge >= 0.3 is 0 Å². The summed E-state index contributed by atoms with van der Waals surface area (Å²) < 4.78 is 9.13. The maximum absolute atomic E-state index is 9.60. The number of methoxy groups -OCH3 is 1. The Morgan fingerprint density at radius 3 is 2.83 bits per heavy atom. The topological polar surface area (TPSA) is 98.2 Å². The molecule has 0 amide bonds. The molecule has 1 aliphatic rings. The zero-order valence-electron chi connectivity index (χ0n) is 13.2. The molecule has 124 valence electrons. The summed E-state index contributed by atoms with van der Waals surface area (Å²) >= 11 is 0. The average molecular weight is 327 g/mol. The van der Waals surface area contributed by atoms with Crippen LogP contribution in [0.3, 0.4) is 0 Å². The maximum Gasteiger partial charge on any atom is 0.166 e. The van der Waals surface area contributed by atoms with Crippen molar-refractivity contribution in [2.24, 2.45) is 0 Å². The quantitative estimate of drug-likeness (QED) is 0.570. The molecule has 2 N–H and O–H groups in total. The summed E-state index contributed by atoms with van der Waals surface area (Å²) in [4.78, 5) is 4.31. The van der Waals surface area contributed by atoms with Gasteiger partial charge in [-0.25, -0.2) is 4.98 Å². The van der Waals surface area contributed by atoms with Gasteiger partial charge in [0.15, 0.2) is 11.6 Å². The van der Waals surface area contributed by atoms with Gasteiger partial charge in [0.1, 0.15) is 6.61 Å². The Balaban J connectivity index is 2.01. The predicted octanol–water partition coefficient (Wildman–Crippen LogP) is 0.623. The van der Waals surface area contributed by atoms with Crippen molar-refractivity contribution in [2.75, 3.05) is 7.11 Å². The molecule has 1 aliphatic heterocycles. The van der Waals surface area contributed by atoms with Gasteiger partial charge in [0.25, 0.3) is 0 Å². The second kappa shape index (κ2) is 5.82. The molecular formula is C16H17N5O3. The highest BCUT2D eigenvalue weighted by Crippen LogP contribution is 2.33. The van der Waals surface area contributed by atoms with E-state index in [1.807, 2.05) is 27.3 Å². The van der Waals surface area contributed by atoms with Crippen LogP contribution in [0.15, 0.2) is 24.5 Å². The van der Waals surface area contributed by atoms with Crippen LogP contribution in [0.4, 0.5) is 0 Å². The maximum atomic E-state index is 9.60. The Kier molecular flexibility index (Phi) is 3.64. The lowest BCUT2D eigenvalue weighted by atomic mass is 10.1. The normalized spacial score (nSPS) is 12.5. The number of nitrogens with zero attached hydrogens (tertiary/aromatic N) is 5. The molecule has 4 rings (SSSR count). The Bertz CT molecular complexity index is 899. The molecule has 0 saturated heterocycles. The Labute approximate surface area is 138 Å². The zero-order valence-corrected chi connectivity index (χ0v) is 13.2. The Hall–Kier alpha value is -2.55. The van der Waals surface area contributed by atoms with Crippen LogP contribution in [-0.2, 0) is 31.1 Å². The van der Waals surface area contributed by atoms with E-state index in [2.05, 4.69) is 15.2 Å². The predicted molar refractivity (Wildman–Crippen MR) is 84.2 cm³/mol. The minimum atomic E-state index is -0.135. The number of aromatic nitrogens is 5. The number of imidazole rings is 1. The van der Waals surface area contributed by atoms with Crippen molar-refractivity contribution in [1.82, 2.24) is 24.3 Å². The van der Waals surface area contributed by atoms with Crippen LogP contribution in [0.5, 0.6) is 0 Å². The minimum Gasteiger partial charge on any atom is -0.392 e. The van der Waals surface area contributed by atoms with Crippen molar-refractivity contribution in [3.8, 4) is 17.1 Å². The molecule has 0 atom stereocenters. The van der Waals surface area contributed by atoms with Gasteiger partial charge in [0.05, 0.1) is 43.2 Å². The van der Waals surface area contributed by atoms with Crippen molar-refractivity contribution in [1.29, 1.82) is 0 Å². The second-order valence-corrected chi connectivity index (χ2v) is 5.63. The monoisotopic (exact) mass is 327 g/mol. The first-order valence-corrected chi connectivity index (χ1v) is 7.58. The first-order chi connectivity index (χ1) is 11.8. The Morgan fingerprint density at radius 1 is 1.21 bits per heavy atom. The summed E-state index contributed by atoms with van der Waals surface area (Å²) in [5.41, 5.74) is 4.05. The molecule has 0 fully saturated rings. The average Bonchev–Trinajstić information content (AvgIpc) is 3.16. The van der Waals surface area contributed by atoms with E-state index in [-0.39, 0.29) is 13.2 Å². The number of ether oxygens (including phenoxy) is 1. The summed E-state index contributed by atoms with van der Waals surface area (Å²) in [5, 5.41) is 27.6. The molecule has 0 saturated carbocycles. The molecule has 8 nitrogen and oxygen atoms in total. The first-order valence-electron chi connectivity index (χ1n) is 7.58. The van der Waals surface area contributed by atoms with Crippen LogP contribution >= 0.6 is 0 Å². The molecule has 0 unspecified atom stereocenters. The fourth-order valence-electron chi connectivity index (χ4n) is 3.07. The molecule has 3 heterocycles. The van der Waals surface area contributed by atoms with Crippen molar-refractivity contribution >= 4 is 0 Å². The van der Waals surface area contributed by atoms with E-state index in [9.17, 15) is 10.2 Å². The molecule has 0 aliphatic carbocycles. The van der Waals surface area contributed by atoms with Gasteiger partial charge < -0.3 is 24.1 Å². The third-order valence-corrected chi connectivity index (χ3v) is 4.26. The highest BCUT2D eigenvalue weighted by atomic mass is 16.5. The van der Waals surface area contributed by atoms with Gasteiger partial charge in [-0.05, 0) is 17.7 Å². The van der Waals surface area contributed by atoms with Crippen LogP contribution in [0.2, 0.25) is 0 Å². The van der Waals surface area contributed by atoms with Gasteiger partial charge in [0, 0.05) is 12.7 Å². The molecule has 1 aromatic carbocycles. The third-order valence-electron chi connectivity index (χ3n) is 4.26. The summed E-state index contributed by atoms with van der Waals surface area (Å²) in [5.74, 6) is 1.41. The number of rotatable bonds is 4. The lowest BCUT2D eigenvalue weighted by Gasteiger charge is -2.09. The van der Waals surface area contributed by atoms with E-state index in [0.29, 0.717) is 30.5 Å². The molecule has 0 radical (unpaired) electrons. The van der Waals surface area contributed by atoms with Crippen molar-refractivity contribution in [3.63, 3.8) is 0 Å². The number of hydrogen-bond donors (Lipinski definition) is 2. The van der Waals surface area contributed by atoms with Crippen LogP contribution in [0.25, 0.3) is 17.1 Å². The summed E-state index contributed by atoms with van der Waals surface area (Å²) in [6.45, 7) is 0.638. The SMILES string of the molecule is COCc1nnc2n1Cc1c(CO)ncn1-c1ccc(CO)cc1-2. The third kappa shape index (κ3) is 2.15. The van der Waals surface area contributed by atoms with E-state index in [1.54, 1.807) is 13.4 Å². The fourth-order valence-corrected chi connectivity index (χ4v) is 3.07. The molecule has 3 aromatic rings. The van der Waals surface area contributed by atoms with E-state index >= 15 is 0 Å². The second-order valence-electron chi connectivity index (χ2n) is 5.63. The zero-order chi connectivity index (χ0) is 16.7. The summed E-state index contributed by atoms with van der Waals surface area (Å²) in [6.07, 6.45) is 1.70. The number of aliphatic hydroxyl groups excluding tert-OH is 2. The summed E-state index contributed by atoms with van der Waals surface area (Å²) in [7, 11) is 1.61. The van der Waals surface area contributed by atoms with Crippen molar-refractivity contribution in [2.45, 2.75) is 26.4 Å². The van der Waals surface area contributed by atoms with Gasteiger partial charge in [-0.1, -0.05) is 6.07 Å². The van der Waals surface area contributed by atoms with Gasteiger partial charge in [-0.15, -0.1) is 10.2 Å². The number of hydrogen-bond acceptors (Lipinski definition) is 6. The standard InChI is InChI=1S/C16H17N5O3/c1-24-8-15-18-19-16-11-4-10(6-22)2-3-13(11)21-9-17-12(7-23)14(21)5-20(15)16/h2-4,9,22-23H,5-8H2,1H3. The Morgan fingerprint density at radius 2 is 2.08 bits per heavy atom. The highest BCUT2D eigenvalue weighted by molar-refractivity contribution is 5.70.